The number of amides is 2. The summed E-state index contributed by atoms with van der Waals surface area (Å²) in [7, 11) is 1.24. The highest BCUT2D eigenvalue weighted by atomic mass is 35.5. The van der Waals surface area contributed by atoms with Gasteiger partial charge in [0.15, 0.2) is 0 Å². The quantitative estimate of drug-likeness (QED) is 0.232. The van der Waals surface area contributed by atoms with E-state index < -0.39 is 53.3 Å². The second-order valence-corrected chi connectivity index (χ2v) is 10.9. The first-order valence-electron chi connectivity index (χ1n) is 13.4. The van der Waals surface area contributed by atoms with Gasteiger partial charge in [-0.2, -0.15) is 0 Å². The van der Waals surface area contributed by atoms with E-state index in [1.807, 2.05) is 0 Å². The third kappa shape index (κ3) is 6.26. The number of hydrogen-bond donors (Lipinski definition) is 1. The summed E-state index contributed by atoms with van der Waals surface area (Å²) in [6, 6.07) is 22.0. The minimum Gasteiger partial charge on any atom is -0.469 e. The third-order valence-corrected chi connectivity index (χ3v) is 8.32. The Labute approximate surface area is 257 Å². The van der Waals surface area contributed by atoms with Gasteiger partial charge >= 0.3 is 5.97 Å². The van der Waals surface area contributed by atoms with Gasteiger partial charge in [-0.15, -0.1) is 0 Å². The molecule has 0 saturated carbocycles. The maximum atomic E-state index is 14.3. The normalized spacial score (nSPS) is 19.6. The number of esters is 1. The van der Waals surface area contributed by atoms with Gasteiger partial charge in [0, 0.05) is 18.0 Å². The summed E-state index contributed by atoms with van der Waals surface area (Å²) in [6.07, 6.45) is 0. The maximum absolute atomic E-state index is 14.3. The van der Waals surface area contributed by atoms with Crippen LogP contribution in [0.2, 0.25) is 10.0 Å². The molecule has 0 aliphatic carbocycles. The lowest BCUT2D eigenvalue weighted by Crippen LogP contribution is -2.48. The zero-order chi connectivity index (χ0) is 30.7. The van der Waals surface area contributed by atoms with E-state index in [9.17, 15) is 23.2 Å². The molecule has 5 rings (SSSR count). The average molecular weight is 623 g/mol. The van der Waals surface area contributed by atoms with Crippen LogP contribution in [0.3, 0.4) is 0 Å². The number of nitrogens with zero attached hydrogens (tertiary/aromatic N) is 1. The smallest absolute Gasteiger partial charge is 0.311 e. The molecule has 10 heteroatoms. The Hall–Kier alpha value is -4.27. The molecule has 0 spiro atoms. The fourth-order valence-electron chi connectivity index (χ4n) is 5.63. The Bertz CT molecular complexity index is 1640. The van der Waals surface area contributed by atoms with Crippen molar-refractivity contribution in [2.24, 2.45) is 5.92 Å². The minimum absolute atomic E-state index is 0.0377. The molecule has 1 N–H and O–H groups in total. The summed E-state index contributed by atoms with van der Waals surface area (Å²) in [5.74, 6) is -4.66. The Morgan fingerprint density at radius 1 is 0.814 bits per heavy atom. The topological polar surface area (TPSA) is 75.7 Å². The van der Waals surface area contributed by atoms with Crippen molar-refractivity contribution in [1.82, 2.24) is 10.2 Å². The number of carbonyl (C=O) groups is 3. The van der Waals surface area contributed by atoms with E-state index in [0.717, 1.165) is 12.1 Å². The van der Waals surface area contributed by atoms with Crippen molar-refractivity contribution in [1.29, 1.82) is 0 Å². The van der Waals surface area contributed by atoms with Crippen LogP contribution in [0.4, 0.5) is 8.78 Å². The molecule has 1 aliphatic rings. The number of hydrogen-bond acceptors (Lipinski definition) is 4. The number of likely N-dealkylation sites (tertiary alicyclic amines) is 1. The highest BCUT2D eigenvalue weighted by Crippen LogP contribution is 2.51. The zero-order valence-electron chi connectivity index (χ0n) is 22.8. The second kappa shape index (κ2) is 12.9. The molecular weight excluding hydrogens is 597 g/mol. The number of benzene rings is 4. The zero-order valence-corrected chi connectivity index (χ0v) is 24.4. The summed E-state index contributed by atoms with van der Waals surface area (Å²) in [5.41, 5.74) is 1.82. The van der Waals surface area contributed by atoms with Crippen molar-refractivity contribution in [3.63, 3.8) is 0 Å². The van der Waals surface area contributed by atoms with E-state index in [1.54, 1.807) is 48.5 Å². The van der Waals surface area contributed by atoms with Gasteiger partial charge in [0.25, 0.3) is 5.91 Å². The lowest BCUT2D eigenvalue weighted by atomic mass is 9.80. The van der Waals surface area contributed by atoms with E-state index >= 15 is 0 Å². The van der Waals surface area contributed by atoms with Crippen LogP contribution in [0.25, 0.3) is 0 Å². The highest BCUT2D eigenvalue weighted by Gasteiger charge is 2.58. The molecule has 4 aromatic carbocycles. The minimum atomic E-state index is -1.22. The van der Waals surface area contributed by atoms with Crippen LogP contribution in [0.5, 0.6) is 0 Å². The predicted molar refractivity (Wildman–Crippen MR) is 158 cm³/mol. The Balaban J connectivity index is 1.69. The fraction of sp³-hybridized carbons (Fsp3) is 0.182. The lowest BCUT2D eigenvalue weighted by molar-refractivity contribution is -0.146. The Morgan fingerprint density at radius 2 is 1.44 bits per heavy atom. The standard InChI is InChI=1S/C33H26Cl2F2N2O4/c1-43-33(42)28-27(20-5-3-2-4-6-20)30(31(40)38-18-19-7-12-23(36)13-8-19)39(32(41)21-9-14-24(37)15-10-21)29(28)22-11-16-25(34)26(35)17-22/h2-17,27-30H,18H2,1H3,(H,38,40). The van der Waals surface area contributed by atoms with Gasteiger partial charge in [-0.05, 0) is 65.2 Å². The van der Waals surface area contributed by atoms with Crippen molar-refractivity contribution in [2.45, 2.75) is 24.5 Å². The van der Waals surface area contributed by atoms with Crippen LogP contribution >= 0.6 is 23.2 Å². The lowest BCUT2D eigenvalue weighted by Gasteiger charge is -2.32. The van der Waals surface area contributed by atoms with Crippen molar-refractivity contribution in [3.8, 4) is 0 Å². The molecule has 220 valence electrons. The van der Waals surface area contributed by atoms with Crippen LogP contribution in [0, 0.1) is 17.6 Å². The first kappa shape index (κ1) is 30.2. The van der Waals surface area contributed by atoms with Gasteiger partial charge in [-0.1, -0.05) is 71.7 Å². The molecule has 43 heavy (non-hydrogen) atoms. The maximum Gasteiger partial charge on any atom is 0.311 e. The van der Waals surface area contributed by atoms with Crippen molar-refractivity contribution >= 4 is 41.0 Å². The fourth-order valence-corrected chi connectivity index (χ4v) is 5.94. The number of rotatable bonds is 7. The van der Waals surface area contributed by atoms with Gasteiger partial charge in [0.1, 0.15) is 17.7 Å². The summed E-state index contributed by atoms with van der Waals surface area (Å²) < 4.78 is 32.6. The van der Waals surface area contributed by atoms with Gasteiger partial charge in [-0.3, -0.25) is 14.4 Å². The molecule has 0 radical (unpaired) electrons. The molecule has 0 bridgehead atoms. The van der Waals surface area contributed by atoms with Gasteiger partial charge in [0.05, 0.1) is 29.1 Å². The van der Waals surface area contributed by atoms with Crippen LogP contribution < -0.4 is 5.32 Å². The summed E-state index contributed by atoms with van der Waals surface area (Å²) >= 11 is 12.6. The SMILES string of the molecule is COC(=O)C1C(c2ccccc2)C(C(=O)NCc2ccc(F)cc2)N(C(=O)c2ccc(F)cc2)C1c1ccc(Cl)c(Cl)c1. The highest BCUT2D eigenvalue weighted by molar-refractivity contribution is 6.42. The van der Waals surface area contributed by atoms with Crippen molar-refractivity contribution in [2.75, 3.05) is 7.11 Å². The number of halogens is 4. The van der Waals surface area contributed by atoms with Gasteiger partial charge in [-0.25, -0.2) is 8.78 Å². The molecule has 2 amide bonds. The first-order valence-corrected chi connectivity index (χ1v) is 14.1. The number of carbonyl (C=O) groups excluding carboxylic acids is 3. The Kier molecular flexibility index (Phi) is 9.08. The number of nitrogens with one attached hydrogen (secondary N) is 1. The summed E-state index contributed by atoms with van der Waals surface area (Å²) in [6.45, 7) is 0.0377. The molecule has 6 nitrogen and oxygen atoms in total. The van der Waals surface area contributed by atoms with Crippen LogP contribution in [0.1, 0.15) is 39.0 Å². The second-order valence-electron chi connectivity index (χ2n) is 10.1. The molecule has 1 aliphatic heterocycles. The molecule has 4 aromatic rings. The largest absolute Gasteiger partial charge is 0.469 e. The summed E-state index contributed by atoms with van der Waals surface area (Å²) in [5, 5.41) is 3.32. The monoisotopic (exact) mass is 622 g/mol. The van der Waals surface area contributed by atoms with Crippen LogP contribution in [0.15, 0.2) is 97.1 Å². The molecule has 1 heterocycles. The van der Waals surface area contributed by atoms with E-state index in [2.05, 4.69) is 5.32 Å². The van der Waals surface area contributed by atoms with Gasteiger partial charge < -0.3 is 15.0 Å². The summed E-state index contributed by atoms with van der Waals surface area (Å²) in [4.78, 5) is 43.5. The third-order valence-electron chi connectivity index (χ3n) is 7.58. The van der Waals surface area contributed by atoms with Crippen LogP contribution in [-0.4, -0.2) is 35.8 Å². The van der Waals surface area contributed by atoms with E-state index in [-0.39, 0.29) is 22.2 Å². The molecule has 4 atom stereocenters. The van der Waals surface area contributed by atoms with E-state index in [1.165, 1.54) is 48.4 Å². The molecule has 1 saturated heterocycles. The number of ether oxygens (including phenoxy) is 1. The molecular formula is C33H26Cl2F2N2O4. The van der Waals surface area contributed by atoms with E-state index in [0.29, 0.717) is 16.7 Å². The first-order chi connectivity index (χ1) is 20.7. The van der Waals surface area contributed by atoms with Gasteiger partial charge in [0.2, 0.25) is 5.91 Å². The Morgan fingerprint density at radius 3 is 2.05 bits per heavy atom. The van der Waals surface area contributed by atoms with Crippen LogP contribution in [-0.2, 0) is 20.9 Å². The predicted octanol–water partition coefficient (Wildman–Crippen LogP) is 6.73. The van der Waals surface area contributed by atoms with Crippen molar-refractivity contribution < 1.29 is 27.9 Å². The average Bonchev–Trinajstić information content (AvgIpc) is 3.38. The molecule has 1 fully saturated rings. The number of methoxy groups -OCH3 is 1. The molecule has 0 aromatic heterocycles. The van der Waals surface area contributed by atoms with Crippen molar-refractivity contribution in [3.05, 3.63) is 141 Å². The molecule has 4 unspecified atom stereocenters. The van der Waals surface area contributed by atoms with E-state index in [4.69, 9.17) is 27.9 Å².